The van der Waals surface area contributed by atoms with Crippen LogP contribution in [-0.4, -0.2) is 10.1 Å². The number of aromatic nitrogens is 1. The summed E-state index contributed by atoms with van der Waals surface area (Å²) in [6, 6.07) is 14.3. The van der Waals surface area contributed by atoms with E-state index < -0.39 is 5.60 Å². The monoisotopic (exact) mass is 341 g/mol. The highest BCUT2D eigenvalue weighted by Gasteiger charge is 2.29. The summed E-state index contributed by atoms with van der Waals surface area (Å²) in [6.45, 7) is 5.95. The maximum atomic E-state index is 13.5. The van der Waals surface area contributed by atoms with Crippen LogP contribution >= 0.6 is 11.3 Å². The molecule has 1 heterocycles. The van der Waals surface area contributed by atoms with Gasteiger partial charge in [-0.2, -0.15) is 0 Å². The van der Waals surface area contributed by atoms with Crippen molar-refractivity contribution in [3.05, 3.63) is 75.9 Å². The molecule has 1 unspecified atom stereocenters. The molecule has 0 amide bonds. The first-order valence-electron chi connectivity index (χ1n) is 7.92. The van der Waals surface area contributed by atoms with Gasteiger partial charge in [0.05, 0.1) is 5.69 Å². The number of nitrogens with zero attached hydrogens (tertiary/aromatic N) is 1. The van der Waals surface area contributed by atoms with Gasteiger partial charge in [0.1, 0.15) is 16.4 Å². The van der Waals surface area contributed by atoms with Crippen LogP contribution in [0.1, 0.15) is 42.8 Å². The second-order valence-electron chi connectivity index (χ2n) is 6.40. The van der Waals surface area contributed by atoms with Crippen LogP contribution in [-0.2, 0) is 5.60 Å². The molecule has 1 aromatic heterocycles. The van der Waals surface area contributed by atoms with Crippen LogP contribution in [0, 0.1) is 5.82 Å². The number of hydrogen-bond acceptors (Lipinski definition) is 3. The van der Waals surface area contributed by atoms with E-state index in [2.05, 4.69) is 31.0 Å². The molecule has 1 atom stereocenters. The molecule has 124 valence electrons. The van der Waals surface area contributed by atoms with Crippen molar-refractivity contribution >= 4 is 11.3 Å². The van der Waals surface area contributed by atoms with E-state index in [4.69, 9.17) is 0 Å². The summed E-state index contributed by atoms with van der Waals surface area (Å²) < 4.78 is 13.5. The minimum absolute atomic E-state index is 0.366. The Hall–Kier alpha value is -2.04. The second-order valence-corrected chi connectivity index (χ2v) is 7.26. The molecule has 3 aromatic rings. The number of rotatable bonds is 4. The zero-order valence-electron chi connectivity index (χ0n) is 14.0. The standard InChI is InChI=1S/C20H20FNOS/c1-13(2)14-6-4-7-15(10-14)18-12-24-19(22-18)20(3,23)16-8-5-9-17(21)11-16/h4-13,23H,1-3H3. The minimum Gasteiger partial charge on any atom is -0.378 e. The molecule has 0 saturated heterocycles. The largest absolute Gasteiger partial charge is 0.378 e. The molecule has 24 heavy (non-hydrogen) atoms. The molecule has 2 aromatic carbocycles. The summed E-state index contributed by atoms with van der Waals surface area (Å²) >= 11 is 1.38. The topological polar surface area (TPSA) is 33.1 Å². The molecule has 4 heteroatoms. The fraction of sp³-hybridized carbons (Fsp3) is 0.250. The smallest absolute Gasteiger partial charge is 0.138 e. The lowest BCUT2D eigenvalue weighted by molar-refractivity contribution is 0.102. The Morgan fingerprint density at radius 3 is 2.58 bits per heavy atom. The van der Waals surface area contributed by atoms with Crippen LogP contribution in [0.4, 0.5) is 4.39 Å². The molecule has 3 rings (SSSR count). The van der Waals surface area contributed by atoms with E-state index in [1.165, 1.54) is 29.0 Å². The van der Waals surface area contributed by atoms with Gasteiger partial charge < -0.3 is 5.11 Å². The number of thiazole rings is 1. The Morgan fingerprint density at radius 2 is 1.88 bits per heavy atom. The first kappa shape index (κ1) is 16.8. The maximum absolute atomic E-state index is 13.5. The van der Waals surface area contributed by atoms with E-state index >= 15 is 0 Å². The quantitative estimate of drug-likeness (QED) is 0.696. The lowest BCUT2D eigenvalue weighted by atomic mass is 9.96. The van der Waals surface area contributed by atoms with Crippen LogP contribution in [0.15, 0.2) is 53.9 Å². The van der Waals surface area contributed by atoms with Crippen LogP contribution in [0.3, 0.4) is 0 Å². The van der Waals surface area contributed by atoms with Crippen molar-refractivity contribution in [3.8, 4) is 11.3 Å². The van der Waals surface area contributed by atoms with E-state index in [9.17, 15) is 9.50 Å². The van der Waals surface area contributed by atoms with Crippen molar-refractivity contribution in [2.45, 2.75) is 32.3 Å². The summed E-state index contributed by atoms with van der Waals surface area (Å²) in [5.41, 5.74) is 2.28. The number of aliphatic hydroxyl groups is 1. The average molecular weight is 341 g/mol. The zero-order valence-corrected chi connectivity index (χ0v) is 14.8. The molecule has 0 aliphatic rings. The van der Waals surface area contributed by atoms with Gasteiger partial charge in [-0.1, -0.05) is 44.2 Å². The van der Waals surface area contributed by atoms with Crippen molar-refractivity contribution in [2.24, 2.45) is 0 Å². The molecule has 2 nitrogen and oxygen atoms in total. The highest BCUT2D eigenvalue weighted by Crippen LogP contribution is 2.34. The van der Waals surface area contributed by atoms with Crippen molar-refractivity contribution < 1.29 is 9.50 Å². The van der Waals surface area contributed by atoms with Gasteiger partial charge in [0, 0.05) is 10.9 Å². The molecule has 0 aliphatic carbocycles. The Kier molecular flexibility index (Phi) is 4.52. The van der Waals surface area contributed by atoms with Gasteiger partial charge in [-0.3, -0.25) is 0 Å². The first-order chi connectivity index (χ1) is 11.4. The Bertz CT molecular complexity index is 854. The van der Waals surface area contributed by atoms with E-state index in [1.54, 1.807) is 19.1 Å². The van der Waals surface area contributed by atoms with Crippen LogP contribution in [0.5, 0.6) is 0 Å². The molecule has 0 fully saturated rings. The molecular weight excluding hydrogens is 321 g/mol. The average Bonchev–Trinajstić information content (AvgIpc) is 3.06. The fourth-order valence-electron chi connectivity index (χ4n) is 2.60. The normalized spacial score (nSPS) is 13.9. The van der Waals surface area contributed by atoms with Gasteiger partial charge in [0.15, 0.2) is 0 Å². The maximum Gasteiger partial charge on any atom is 0.138 e. The summed E-state index contributed by atoms with van der Waals surface area (Å²) in [5.74, 6) is 0.0765. The lowest BCUT2D eigenvalue weighted by Gasteiger charge is -2.21. The van der Waals surface area contributed by atoms with E-state index in [0.29, 0.717) is 16.5 Å². The van der Waals surface area contributed by atoms with Gasteiger partial charge in [-0.25, -0.2) is 9.37 Å². The third kappa shape index (κ3) is 3.25. The Labute approximate surface area is 145 Å². The van der Waals surface area contributed by atoms with Gasteiger partial charge in [-0.05, 0) is 42.2 Å². The Morgan fingerprint density at radius 1 is 1.12 bits per heavy atom. The molecule has 1 N–H and O–H groups in total. The highest BCUT2D eigenvalue weighted by atomic mass is 32.1. The minimum atomic E-state index is -1.32. The Balaban J connectivity index is 1.97. The van der Waals surface area contributed by atoms with Crippen LogP contribution < -0.4 is 0 Å². The van der Waals surface area contributed by atoms with Gasteiger partial charge in [0.2, 0.25) is 0 Å². The highest BCUT2D eigenvalue weighted by molar-refractivity contribution is 7.10. The third-order valence-corrected chi connectivity index (χ3v) is 5.21. The van der Waals surface area contributed by atoms with Crippen LogP contribution in [0.2, 0.25) is 0 Å². The summed E-state index contributed by atoms with van der Waals surface area (Å²) in [6.07, 6.45) is 0. The predicted molar refractivity (Wildman–Crippen MR) is 96.7 cm³/mol. The van der Waals surface area contributed by atoms with Gasteiger partial charge >= 0.3 is 0 Å². The summed E-state index contributed by atoms with van der Waals surface area (Å²) in [4.78, 5) is 4.60. The van der Waals surface area contributed by atoms with Gasteiger partial charge in [-0.15, -0.1) is 11.3 Å². The lowest BCUT2D eigenvalue weighted by Crippen LogP contribution is -2.22. The van der Waals surface area contributed by atoms with Crippen molar-refractivity contribution in [1.82, 2.24) is 4.98 Å². The van der Waals surface area contributed by atoms with Crippen molar-refractivity contribution in [3.63, 3.8) is 0 Å². The number of halogens is 1. The molecule has 0 radical (unpaired) electrons. The summed E-state index contributed by atoms with van der Waals surface area (Å²) in [5, 5.41) is 13.4. The molecule has 0 spiro atoms. The summed E-state index contributed by atoms with van der Waals surface area (Å²) in [7, 11) is 0. The number of hydrogen-bond donors (Lipinski definition) is 1. The fourth-order valence-corrected chi connectivity index (χ4v) is 3.51. The third-order valence-electron chi connectivity index (χ3n) is 4.16. The van der Waals surface area contributed by atoms with Crippen LogP contribution in [0.25, 0.3) is 11.3 Å². The first-order valence-corrected chi connectivity index (χ1v) is 8.80. The SMILES string of the molecule is CC(C)c1cccc(-c2csc(C(C)(O)c3cccc(F)c3)n2)c1. The van der Waals surface area contributed by atoms with Crippen molar-refractivity contribution in [1.29, 1.82) is 0 Å². The predicted octanol–water partition coefficient (Wildman–Crippen LogP) is 5.33. The van der Waals surface area contributed by atoms with Gasteiger partial charge in [0.25, 0.3) is 0 Å². The molecule has 0 saturated carbocycles. The molecular formula is C20H20FNOS. The van der Waals surface area contributed by atoms with E-state index in [-0.39, 0.29) is 5.82 Å². The van der Waals surface area contributed by atoms with E-state index in [1.807, 2.05) is 17.5 Å². The number of benzene rings is 2. The molecule has 0 bridgehead atoms. The molecule has 0 aliphatic heterocycles. The van der Waals surface area contributed by atoms with Crippen molar-refractivity contribution in [2.75, 3.05) is 0 Å². The zero-order chi connectivity index (χ0) is 17.3. The van der Waals surface area contributed by atoms with E-state index in [0.717, 1.165) is 11.3 Å². The second kappa shape index (κ2) is 6.46.